The van der Waals surface area contributed by atoms with Gasteiger partial charge in [0.05, 0.1) is 46.2 Å². The summed E-state index contributed by atoms with van der Waals surface area (Å²) < 4.78 is 124. The van der Waals surface area contributed by atoms with Crippen LogP contribution >= 0.6 is 7.82 Å². The molecule has 9 amide bonds. The van der Waals surface area contributed by atoms with E-state index in [0.29, 0.717) is 122 Å². The molecule has 0 radical (unpaired) electrons. The molecule has 49 nitrogen and oxygen atoms in total. The number of fused-ring (bicyclic) bond motifs is 1. The fourth-order valence-corrected chi connectivity index (χ4v) is 16.5. The van der Waals surface area contributed by atoms with E-state index in [1.165, 1.54) is 20.8 Å². The minimum Gasteiger partial charge on any atom is -0.756 e. The molecule has 4 heterocycles. The van der Waals surface area contributed by atoms with Gasteiger partial charge in [-0.2, -0.15) is 0 Å². The second-order valence-corrected chi connectivity index (χ2v) is 36.9. The number of amides is 9. The lowest BCUT2D eigenvalue weighted by molar-refractivity contribution is -0.277. The number of ether oxygens (including phenoxy) is 18. The molecule has 820 valence electrons. The second-order valence-electron chi connectivity index (χ2n) is 35.3. The maximum atomic E-state index is 15.0. The SMILES string of the molecule is COP(=O)([O-])OCCCCCCNC(=O)CCCC(=O)N1CCc2cc(C(=O)NC(COCCC(=O)NCCCCCCOC3OC(COC(C)=O)C(OC(C)=O)C(OC(C)=O)C3NC(C)=O)(COCCC(=O)NCCCCCCOC3OC(COC(C)=O)C(OC(C)=O)C(OC(C)=O)C3NC(C)=O)COCCC(=O)NCCCCCCOC3OC(COC(C)=O)C(OC(C)=O)C(OC(C)=O)C3NC(C)=O)ccc2C1. The summed E-state index contributed by atoms with van der Waals surface area (Å²) in [5, 5.41) is 22.6. The monoisotopic (exact) mass is 2090 g/mol. The van der Waals surface area contributed by atoms with Crippen LogP contribution < -0.4 is 47.4 Å². The predicted molar refractivity (Wildman–Crippen MR) is 502 cm³/mol. The fraction of sp³-hybridized carbons (Fsp3) is 0.747. The molecule has 0 aliphatic carbocycles. The Labute approximate surface area is 844 Å². The minimum atomic E-state index is -4.30. The van der Waals surface area contributed by atoms with Gasteiger partial charge in [0.25, 0.3) is 13.7 Å². The zero-order chi connectivity index (χ0) is 107. The molecule has 145 heavy (non-hydrogen) atoms. The highest BCUT2D eigenvalue weighted by atomic mass is 31.2. The molecule has 16 unspecified atom stereocenters. The molecule has 0 spiro atoms. The largest absolute Gasteiger partial charge is 0.756 e. The van der Waals surface area contributed by atoms with Gasteiger partial charge in [-0.3, -0.25) is 90.9 Å². The zero-order valence-electron chi connectivity index (χ0n) is 85.3. The first-order valence-electron chi connectivity index (χ1n) is 49.1. The van der Waals surface area contributed by atoms with Gasteiger partial charge < -0.3 is 147 Å². The van der Waals surface area contributed by atoms with Gasteiger partial charge in [-0.1, -0.05) is 57.4 Å². The number of unbranched alkanes of at least 4 members (excludes halogenated alkanes) is 12. The summed E-state index contributed by atoms with van der Waals surface area (Å²) in [4.78, 5) is 242. The maximum absolute atomic E-state index is 15.0. The van der Waals surface area contributed by atoms with Crippen LogP contribution in [0.25, 0.3) is 0 Å². The molecule has 8 N–H and O–H groups in total. The van der Waals surface area contributed by atoms with Gasteiger partial charge in [-0.05, 0) is 87.5 Å². The summed E-state index contributed by atoms with van der Waals surface area (Å²) in [7, 11) is -3.28. The van der Waals surface area contributed by atoms with Crippen molar-refractivity contribution >= 4 is 115 Å². The summed E-state index contributed by atoms with van der Waals surface area (Å²) in [6.45, 7) is 12.9. The van der Waals surface area contributed by atoms with Gasteiger partial charge >= 0.3 is 53.7 Å². The molecule has 0 aromatic heterocycles. The molecule has 1 aromatic carbocycles. The van der Waals surface area contributed by atoms with E-state index in [4.69, 9.17) is 89.8 Å². The molecule has 3 saturated heterocycles. The Balaban J connectivity index is 1.28. The quantitative estimate of drug-likeness (QED) is 0.0201. The molecule has 50 heteroatoms. The zero-order valence-corrected chi connectivity index (χ0v) is 86.2. The number of esters is 9. The van der Waals surface area contributed by atoms with E-state index < -0.39 is 202 Å². The summed E-state index contributed by atoms with van der Waals surface area (Å²) in [6, 6.07) is 1.56. The number of hydrogen-bond acceptors (Lipinski definition) is 40. The Morgan fingerprint density at radius 2 is 0.697 bits per heavy atom. The number of benzene rings is 1. The van der Waals surface area contributed by atoms with Crippen LogP contribution in [-0.2, 0) is 193 Å². The number of phosphoric ester groups is 1. The molecule has 0 bridgehead atoms. The van der Waals surface area contributed by atoms with Crippen LogP contribution in [-0.4, -0.2) is 335 Å². The Kier molecular flexibility index (Phi) is 58.6. The average molecular weight is 2090 g/mol. The van der Waals surface area contributed by atoms with Crippen molar-refractivity contribution in [3.05, 3.63) is 34.9 Å². The lowest BCUT2D eigenvalue weighted by atomic mass is 9.95. The van der Waals surface area contributed by atoms with Crippen LogP contribution in [0.4, 0.5) is 0 Å². The third-order valence-corrected chi connectivity index (χ3v) is 23.6. The van der Waals surface area contributed by atoms with Crippen molar-refractivity contribution in [1.82, 2.24) is 47.4 Å². The number of rotatable bonds is 69. The molecule has 16 atom stereocenters. The molecular formula is C95H149N9O40P-. The van der Waals surface area contributed by atoms with E-state index in [1.54, 1.807) is 23.1 Å². The molecule has 1 aromatic rings. The number of nitrogens with zero attached hydrogens (tertiary/aromatic N) is 1. The van der Waals surface area contributed by atoms with Crippen LogP contribution in [0.3, 0.4) is 0 Å². The van der Waals surface area contributed by atoms with Crippen molar-refractivity contribution in [3.8, 4) is 0 Å². The lowest BCUT2D eigenvalue weighted by Gasteiger charge is -2.44. The normalized spacial score (nSPS) is 21.9. The molecule has 4 aliphatic heterocycles. The van der Waals surface area contributed by atoms with E-state index in [1.807, 2.05) is 0 Å². The molecule has 3 fully saturated rings. The standard InChI is InChI=1S/C95H150N9O40P/c1-59(105)100-82-88(139-68(10)114)85(136-65(7)111)74(53-132-62(4)108)142-92(82)129-44-26-18-14-22-40-97-78(118)36-48-126-56-95(103-91(122)72-33-34-73-52-104(43-35-71(73)51-72)81(121)32-30-31-77(117)96-39-25-17-21-29-47-135-145(123,124)125-13,57-127-49-37-79(119)98-41-23-15-19-27-45-130-93-83(101-60(2)106)89(140-69(11)115)86(137-66(8)112)75(143-93)54-133-63(5)109)58-128-50-38-80(120)99-42-24-16-20-28-46-131-94-84(102-61(3)107)90(141-70(12)116)87(138-67(9)113)76(144-94)55-134-64(6)110/h33-34,51,74-76,82-90,92-94H,14-32,35-50,52-58H2,1-13H3,(H,96,117)(H,97,118)(H,98,119)(H,99,120)(H,100,105)(H,101,106)(H,102,107)(H,103,122)(H,123,124)/p-1. The maximum Gasteiger partial charge on any atom is 0.303 e. The summed E-state index contributed by atoms with van der Waals surface area (Å²) in [5.74, 6) is -10.4. The van der Waals surface area contributed by atoms with Gasteiger partial charge in [0.1, 0.15) is 61.8 Å². The number of phosphoric acid groups is 1. The first kappa shape index (κ1) is 125. The third-order valence-electron chi connectivity index (χ3n) is 22.7. The molecular weight excluding hydrogens is 1940 g/mol. The molecule has 0 saturated carbocycles. The van der Waals surface area contributed by atoms with Crippen molar-refractivity contribution < 1.29 is 190 Å². The summed E-state index contributed by atoms with van der Waals surface area (Å²) >= 11 is 0. The van der Waals surface area contributed by atoms with Gasteiger partial charge in [-0.25, -0.2) is 0 Å². The minimum absolute atomic E-state index is 0.0132. The summed E-state index contributed by atoms with van der Waals surface area (Å²) in [5.41, 5.74) is 0.146. The fourth-order valence-electron chi connectivity index (χ4n) is 16.0. The van der Waals surface area contributed by atoms with Crippen LogP contribution in [0.2, 0.25) is 0 Å². The Hall–Kier alpha value is -10.6. The average Bonchev–Trinajstić information content (AvgIpc) is 0.787. The lowest BCUT2D eigenvalue weighted by Crippen LogP contribution is -2.66. The first-order chi connectivity index (χ1) is 69.0. The van der Waals surface area contributed by atoms with Gasteiger partial charge in [0, 0.05) is 187 Å². The highest BCUT2D eigenvalue weighted by Gasteiger charge is 2.55. The number of carbonyl (C=O) groups is 18. The Morgan fingerprint density at radius 3 is 1.01 bits per heavy atom. The van der Waals surface area contributed by atoms with Crippen LogP contribution in [0.15, 0.2) is 18.2 Å². The van der Waals surface area contributed by atoms with Crippen LogP contribution in [0.1, 0.15) is 246 Å². The second kappa shape index (κ2) is 68.1. The van der Waals surface area contributed by atoms with Crippen molar-refractivity contribution in [2.45, 2.75) is 335 Å². The van der Waals surface area contributed by atoms with Crippen molar-refractivity contribution in [2.24, 2.45) is 0 Å². The number of nitrogens with one attached hydrogen (secondary N) is 8. The smallest absolute Gasteiger partial charge is 0.303 e. The third kappa shape index (κ3) is 50.6. The summed E-state index contributed by atoms with van der Waals surface area (Å²) in [6.07, 6.45) is -5.70. The van der Waals surface area contributed by atoms with Crippen LogP contribution in [0, 0.1) is 0 Å². The van der Waals surface area contributed by atoms with Crippen molar-refractivity contribution in [3.63, 3.8) is 0 Å². The number of hydrogen-bond donors (Lipinski definition) is 8. The van der Waals surface area contributed by atoms with E-state index in [9.17, 15) is 95.8 Å². The highest BCUT2D eigenvalue weighted by Crippen LogP contribution is 2.38. The number of carbonyl (C=O) groups excluding carboxylic acids is 18. The van der Waals surface area contributed by atoms with E-state index in [0.717, 1.165) is 87.0 Å². The van der Waals surface area contributed by atoms with Crippen LogP contribution in [0.5, 0.6) is 0 Å². The van der Waals surface area contributed by atoms with E-state index in [-0.39, 0.29) is 159 Å². The molecule has 5 rings (SSSR count). The van der Waals surface area contributed by atoms with Gasteiger partial charge in [0.15, 0.2) is 55.5 Å². The van der Waals surface area contributed by atoms with E-state index in [2.05, 4.69) is 47.1 Å². The molecule has 4 aliphatic rings. The Bertz CT molecular complexity index is 4070. The van der Waals surface area contributed by atoms with Gasteiger partial charge in [-0.15, -0.1) is 0 Å². The first-order valence-corrected chi connectivity index (χ1v) is 50.5. The predicted octanol–water partition coefficient (Wildman–Crippen LogP) is 2.29. The van der Waals surface area contributed by atoms with Crippen molar-refractivity contribution in [2.75, 3.05) is 126 Å². The van der Waals surface area contributed by atoms with E-state index >= 15 is 0 Å². The topological polar surface area (TPSA) is 631 Å². The highest BCUT2D eigenvalue weighted by molar-refractivity contribution is 7.45. The van der Waals surface area contributed by atoms with Gasteiger partial charge in [0.2, 0.25) is 47.3 Å². The van der Waals surface area contributed by atoms with Crippen molar-refractivity contribution in [1.29, 1.82) is 0 Å². The Morgan fingerprint density at radius 1 is 0.379 bits per heavy atom.